The highest BCUT2D eigenvalue weighted by Crippen LogP contribution is 2.35. The van der Waals surface area contributed by atoms with Crippen LogP contribution in [0, 0.1) is 0 Å². The Morgan fingerprint density at radius 2 is 2.17 bits per heavy atom. The second-order valence-electron chi connectivity index (χ2n) is 4.09. The van der Waals surface area contributed by atoms with E-state index in [2.05, 4.69) is 0 Å². The maximum atomic E-state index is 11.8. The quantitative estimate of drug-likeness (QED) is 0.719. The molecular weight excluding hydrogens is 228 g/mol. The number of carbonyl (C=O) groups is 1. The van der Waals surface area contributed by atoms with Crippen LogP contribution in [0.4, 0.5) is 0 Å². The molecule has 0 saturated heterocycles. The summed E-state index contributed by atoms with van der Waals surface area (Å²) < 4.78 is 10.5. The van der Waals surface area contributed by atoms with Crippen LogP contribution in [0.15, 0.2) is 36.4 Å². The molecule has 3 nitrogen and oxygen atoms in total. The molecular formula is C15H12O3. The maximum absolute atomic E-state index is 11.8. The summed E-state index contributed by atoms with van der Waals surface area (Å²) in [5, 5.41) is 2.00. The van der Waals surface area contributed by atoms with Gasteiger partial charge >= 0.3 is 5.97 Å². The number of hydrogen-bond donors (Lipinski definition) is 0. The van der Waals surface area contributed by atoms with Crippen molar-refractivity contribution in [1.82, 2.24) is 0 Å². The summed E-state index contributed by atoms with van der Waals surface area (Å²) in [6.07, 6.45) is 3.81. The highest BCUT2D eigenvalue weighted by molar-refractivity contribution is 6.03. The number of benzene rings is 2. The predicted octanol–water partition coefficient (Wildman–Crippen LogP) is 3.03. The van der Waals surface area contributed by atoms with E-state index in [9.17, 15) is 4.79 Å². The Bertz CT molecular complexity index is 656. The highest BCUT2D eigenvalue weighted by Gasteiger charge is 2.19. The zero-order valence-electron chi connectivity index (χ0n) is 9.97. The first-order valence-electron chi connectivity index (χ1n) is 5.74. The summed E-state index contributed by atoms with van der Waals surface area (Å²) in [5.74, 6) is 0.420. The van der Waals surface area contributed by atoms with Gasteiger partial charge in [-0.1, -0.05) is 30.3 Å². The minimum absolute atomic E-state index is 0.341. The number of methoxy groups -OCH3 is 1. The Hall–Kier alpha value is -2.29. The van der Waals surface area contributed by atoms with Gasteiger partial charge < -0.3 is 9.47 Å². The van der Waals surface area contributed by atoms with Crippen LogP contribution in [-0.4, -0.2) is 19.7 Å². The SMILES string of the molecule is COC(=O)c1cc2ccccc2c2c1C=CCO2. The van der Waals surface area contributed by atoms with Crippen LogP contribution < -0.4 is 4.74 Å². The van der Waals surface area contributed by atoms with Gasteiger partial charge in [-0.2, -0.15) is 0 Å². The first-order valence-corrected chi connectivity index (χ1v) is 5.74. The molecule has 0 radical (unpaired) electrons. The van der Waals surface area contributed by atoms with Gasteiger partial charge in [0.2, 0.25) is 0 Å². The third-order valence-corrected chi connectivity index (χ3v) is 3.05. The molecule has 2 aromatic carbocycles. The van der Waals surface area contributed by atoms with Crippen LogP contribution in [0.3, 0.4) is 0 Å². The molecule has 3 heteroatoms. The molecule has 0 amide bonds. The van der Waals surface area contributed by atoms with Crippen molar-refractivity contribution in [1.29, 1.82) is 0 Å². The van der Waals surface area contributed by atoms with Crippen LogP contribution in [0.2, 0.25) is 0 Å². The minimum atomic E-state index is -0.341. The molecule has 0 N–H and O–H groups in total. The second-order valence-corrected chi connectivity index (χ2v) is 4.09. The molecule has 0 spiro atoms. The first-order chi connectivity index (χ1) is 8.81. The van der Waals surface area contributed by atoms with Crippen molar-refractivity contribution in [2.45, 2.75) is 0 Å². The van der Waals surface area contributed by atoms with Crippen LogP contribution in [-0.2, 0) is 4.74 Å². The Kier molecular flexibility index (Phi) is 2.52. The zero-order valence-corrected chi connectivity index (χ0v) is 9.97. The van der Waals surface area contributed by atoms with Crippen LogP contribution in [0.25, 0.3) is 16.8 Å². The molecule has 0 bridgehead atoms. The topological polar surface area (TPSA) is 35.5 Å². The Labute approximate surface area is 105 Å². The number of fused-ring (bicyclic) bond motifs is 3. The van der Waals surface area contributed by atoms with Gasteiger partial charge in [0.25, 0.3) is 0 Å². The van der Waals surface area contributed by atoms with Gasteiger partial charge in [0.1, 0.15) is 12.4 Å². The van der Waals surface area contributed by atoms with Crippen molar-refractivity contribution in [3.63, 3.8) is 0 Å². The number of rotatable bonds is 1. The van der Waals surface area contributed by atoms with E-state index in [0.717, 1.165) is 22.1 Å². The predicted molar refractivity (Wildman–Crippen MR) is 69.8 cm³/mol. The van der Waals surface area contributed by atoms with E-state index < -0.39 is 0 Å². The first kappa shape index (κ1) is 10.8. The standard InChI is InChI=1S/C15H12O3/c1-17-15(16)13-9-10-5-2-3-6-11(10)14-12(13)7-4-8-18-14/h2-7,9H,8H2,1H3. The minimum Gasteiger partial charge on any atom is -0.488 e. The van der Waals surface area contributed by atoms with Gasteiger partial charge in [-0.05, 0) is 17.5 Å². The summed E-state index contributed by atoms with van der Waals surface area (Å²) in [4.78, 5) is 11.8. The van der Waals surface area contributed by atoms with Gasteiger partial charge in [-0.25, -0.2) is 4.79 Å². The van der Waals surface area contributed by atoms with Gasteiger partial charge in [-0.15, -0.1) is 0 Å². The van der Waals surface area contributed by atoms with E-state index in [0.29, 0.717) is 12.2 Å². The van der Waals surface area contributed by atoms with Crippen LogP contribution in [0.5, 0.6) is 5.75 Å². The van der Waals surface area contributed by atoms with Crippen molar-refractivity contribution in [3.8, 4) is 5.75 Å². The molecule has 0 unspecified atom stereocenters. The third kappa shape index (κ3) is 1.56. The van der Waals surface area contributed by atoms with Crippen molar-refractivity contribution in [2.75, 3.05) is 13.7 Å². The average molecular weight is 240 g/mol. The summed E-state index contributed by atoms with van der Waals surface area (Å²) >= 11 is 0. The number of hydrogen-bond acceptors (Lipinski definition) is 3. The van der Waals surface area contributed by atoms with Crippen molar-refractivity contribution in [2.24, 2.45) is 0 Å². The van der Waals surface area contributed by atoms with Gasteiger partial charge in [-0.3, -0.25) is 0 Å². The molecule has 0 aromatic heterocycles. The normalized spacial score (nSPS) is 12.9. The lowest BCUT2D eigenvalue weighted by Gasteiger charge is -2.17. The average Bonchev–Trinajstić information content (AvgIpc) is 2.45. The molecule has 18 heavy (non-hydrogen) atoms. The van der Waals surface area contributed by atoms with E-state index in [1.54, 1.807) is 0 Å². The van der Waals surface area contributed by atoms with E-state index in [-0.39, 0.29) is 5.97 Å². The fourth-order valence-corrected chi connectivity index (χ4v) is 2.23. The molecule has 0 aliphatic carbocycles. The highest BCUT2D eigenvalue weighted by atomic mass is 16.5. The number of ether oxygens (including phenoxy) is 2. The van der Waals surface area contributed by atoms with Crippen molar-refractivity contribution >= 4 is 22.8 Å². The van der Waals surface area contributed by atoms with E-state index in [1.807, 2.05) is 42.5 Å². The Morgan fingerprint density at radius 1 is 1.33 bits per heavy atom. The smallest absolute Gasteiger partial charge is 0.338 e. The molecule has 1 heterocycles. The van der Waals surface area contributed by atoms with Crippen molar-refractivity contribution < 1.29 is 14.3 Å². The fraction of sp³-hybridized carbons (Fsp3) is 0.133. The monoisotopic (exact) mass is 240 g/mol. The van der Waals surface area contributed by atoms with E-state index >= 15 is 0 Å². The number of carbonyl (C=O) groups excluding carboxylic acids is 1. The van der Waals surface area contributed by atoms with Crippen LogP contribution in [0.1, 0.15) is 15.9 Å². The fourth-order valence-electron chi connectivity index (χ4n) is 2.23. The zero-order chi connectivity index (χ0) is 12.5. The Balaban J connectivity index is 2.37. The molecule has 90 valence electrons. The lowest BCUT2D eigenvalue weighted by atomic mass is 9.98. The lowest BCUT2D eigenvalue weighted by Crippen LogP contribution is -2.09. The maximum Gasteiger partial charge on any atom is 0.338 e. The van der Waals surface area contributed by atoms with Gasteiger partial charge in [0, 0.05) is 10.9 Å². The molecule has 2 aromatic rings. The van der Waals surface area contributed by atoms with Crippen LogP contribution >= 0.6 is 0 Å². The Morgan fingerprint density at radius 3 is 3.00 bits per heavy atom. The molecule has 0 fully saturated rings. The lowest BCUT2D eigenvalue weighted by molar-refractivity contribution is 0.0600. The largest absolute Gasteiger partial charge is 0.488 e. The summed E-state index contributed by atoms with van der Waals surface area (Å²) in [6.45, 7) is 0.529. The van der Waals surface area contributed by atoms with Gasteiger partial charge in [0.15, 0.2) is 0 Å². The second kappa shape index (κ2) is 4.18. The summed E-state index contributed by atoms with van der Waals surface area (Å²) in [6, 6.07) is 9.70. The van der Waals surface area contributed by atoms with Gasteiger partial charge in [0.05, 0.1) is 12.7 Å². The van der Waals surface area contributed by atoms with E-state index in [1.165, 1.54) is 7.11 Å². The number of esters is 1. The summed E-state index contributed by atoms with van der Waals surface area (Å²) in [5.41, 5.74) is 1.34. The van der Waals surface area contributed by atoms with E-state index in [4.69, 9.17) is 9.47 Å². The summed E-state index contributed by atoms with van der Waals surface area (Å²) in [7, 11) is 1.39. The molecule has 1 aliphatic rings. The molecule has 0 saturated carbocycles. The molecule has 1 aliphatic heterocycles. The molecule has 0 atom stereocenters. The third-order valence-electron chi connectivity index (χ3n) is 3.05. The van der Waals surface area contributed by atoms with Crippen molar-refractivity contribution in [3.05, 3.63) is 47.5 Å². The molecule has 3 rings (SSSR count).